The van der Waals surface area contributed by atoms with Gasteiger partial charge >= 0.3 is 0 Å². The highest BCUT2D eigenvalue weighted by Crippen LogP contribution is 2.21. The second-order valence-corrected chi connectivity index (χ2v) is 8.01. The summed E-state index contributed by atoms with van der Waals surface area (Å²) in [6.45, 7) is 0.675. The Balaban J connectivity index is 1.79. The summed E-state index contributed by atoms with van der Waals surface area (Å²) in [5.41, 5.74) is 3.46. The molecule has 0 aliphatic heterocycles. The zero-order valence-electron chi connectivity index (χ0n) is 12.4. The van der Waals surface area contributed by atoms with Crippen molar-refractivity contribution < 1.29 is 8.42 Å². The molecule has 3 rings (SSSR count). The number of pyridine rings is 1. The van der Waals surface area contributed by atoms with Crippen LogP contribution in [0.1, 0.15) is 4.88 Å². The van der Waals surface area contributed by atoms with Crippen LogP contribution in [0.4, 0.5) is 5.82 Å². The SMILES string of the molecule is CS(=O)(=O)c1ccc(-c2cccc(NCc3cncs3)n2)cc1. The molecule has 0 radical (unpaired) electrons. The molecular formula is C16H15N3O2S2. The van der Waals surface area contributed by atoms with Crippen LogP contribution in [0.5, 0.6) is 0 Å². The number of sulfone groups is 1. The molecule has 0 amide bonds. The van der Waals surface area contributed by atoms with Gasteiger partial charge in [-0.2, -0.15) is 0 Å². The first-order valence-corrected chi connectivity index (χ1v) is 9.68. The maximum Gasteiger partial charge on any atom is 0.175 e. The number of nitrogens with zero attached hydrogens (tertiary/aromatic N) is 2. The highest BCUT2D eigenvalue weighted by atomic mass is 32.2. The Bertz CT molecular complexity index is 889. The predicted molar refractivity (Wildman–Crippen MR) is 92.2 cm³/mol. The quantitative estimate of drug-likeness (QED) is 0.769. The van der Waals surface area contributed by atoms with E-state index in [1.54, 1.807) is 41.1 Å². The number of benzene rings is 1. The molecule has 0 aliphatic carbocycles. The van der Waals surface area contributed by atoms with Crippen molar-refractivity contribution in [2.24, 2.45) is 0 Å². The van der Waals surface area contributed by atoms with E-state index in [2.05, 4.69) is 15.3 Å². The van der Waals surface area contributed by atoms with Gasteiger partial charge in [0.05, 0.1) is 22.6 Å². The van der Waals surface area contributed by atoms with Gasteiger partial charge in [-0.1, -0.05) is 18.2 Å². The third kappa shape index (κ3) is 3.94. The van der Waals surface area contributed by atoms with E-state index >= 15 is 0 Å². The fourth-order valence-corrected chi connectivity index (χ4v) is 3.24. The van der Waals surface area contributed by atoms with Gasteiger partial charge in [-0.25, -0.2) is 13.4 Å². The molecule has 5 nitrogen and oxygen atoms in total. The van der Waals surface area contributed by atoms with Gasteiger partial charge < -0.3 is 5.32 Å². The first-order chi connectivity index (χ1) is 11.0. The molecule has 0 aliphatic rings. The van der Waals surface area contributed by atoms with Gasteiger partial charge in [-0.3, -0.25) is 4.98 Å². The molecule has 0 saturated carbocycles. The van der Waals surface area contributed by atoms with Crippen LogP contribution >= 0.6 is 11.3 Å². The Hall–Kier alpha value is -2.25. The number of anilines is 1. The summed E-state index contributed by atoms with van der Waals surface area (Å²) in [6.07, 6.45) is 3.02. The fourth-order valence-electron chi connectivity index (χ4n) is 2.07. The Morgan fingerprint density at radius 1 is 1.13 bits per heavy atom. The maximum absolute atomic E-state index is 11.5. The number of hydrogen-bond donors (Lipinski definition) is 1. The standard InChI is InChI=1S/C16H15N3O2S2/c1-23(20,21)14-7-5-12(6-8-14)15-3-2-4-16(19-15)18-10-13-9-17-11-22-13/h2-9,11H,10H2,1H3,(H,18,19). The number of thiazole rings is 1. The van der Waals surface area contributed by atoms with Gasteiger partial charge in [0.25, 0.3) is 0 Å². The van der Waals surface area contributed by atoms with Crippen LogP contribution in [0.3, 0.4) is 0 Å². The number of hydrogen-bond acceptors (Lipinski definition) is 6. The first-order valence-electron chi connectivity index (χ1n) is 6.91. The minimum Gasteiger partial charge on any atom is -0.365 e. The van der Waals surface area contributed by atoms with Gasteiger partial charge in [-0.05, 0) is 24.3 Å². The molecule has 0 fully saturated rings. The summed E-state index contributed by atoms with van der Waals surface area (Å²) < 4.78 is 23.0. The van der Waals surface area contributed by atoms with E-state index in [4.69, 9.17) is 0 Å². The maximum atomic E-state index is 11.5. The van der Waals surface area contributed by atoms with Crippen molar-refractivity contribution in [3.8, 4) is 11.3 Å². The van der Waals surface area contributed by atoms with Gasteiger partial charge in [0.2, 0.25) is 0 Å². The number of nitrogens with one attached hydrogen (secondary N) is 1. The minimum absolute atomic E-state index is 0.306. The van der Waals surface area contributed by atoms with Gasteiger partial charge in [-0.15, -0.1) is 11.3 Å². The normalized spacial score (nSPS) is 11.3. The van der Waals surface area contributed by atoms with Crippen molar-refractivity contribution in [2.75, 3.05) is 11.6 Å². The Labute approximate surface area is 139 Å². The van der Waals surface area contributed by atoms with Crippen molar-refractivity contribution in [3.05, 3.63) is 59.0 Å². The lowest BCUT2D eigenvalue weighted by Crippen LogP contribution is -2.00. The number of aromatic nitrogens is 2. The van der Waals surface area contributed by atoms with Crippen LogP contribution in [-0.4, -0.2) is 24.6 Å². The van der Waals surface area contributed by atoms with Gasteiger partial charge in [0, 0.05) is 22.9 Å². The van der Waals surface area contributed by atoms with Crippen LogP contribution in [0.25, 0.3) is 11.3 Å². The fraction of sp³-hybridized carbons (Fsp3) is 0.125. The molecular weight excluding hydrogens is 330 g/mol. The Morgan fingerprint density at radius 2 is 1.91 bits per heavy atom. The summed E-state index contributed by atoms with van der Waals surface area (Å²) in [7, 11) is -3.18. The van der Waals surface area contributed by atoms with E-state index < -0.39 is 9.84 Å². The predicted octanol–water partition coefficient (Wildman–Crippen LogP) is 3.22. The molecule has 2 heterocycles. The van der Waals surface area contributed by atoms with Crippen LogP contribution in [0.15, 0.2) is 59.1 Å². The highest BCUT2D eigenvalue weighted by molar-refractivity contribution is 7.90. The summed E-state index contributed by atoms with van der Waals surface area (Å²) in [5.74, 6) is 0.767. The molecule has 2 aromatic heterocycles. The van der Waals surface area contributed by atoms with Crippen molar-refractivity contribution in [3.63, 3.8) is 0 Å². The van der Waals surface area contributed by atoms with Crippen molar-refractivity contribution in [1.82, 2.24) is 9.97 Å². The van der Waals surface area contributed by atoms with Gasteiger partial charge in [0.1, 0.15) is 5.82 Å². The van der Waals surface area contributed by atoms with Crippen LogP contribution < -0.4 is 5.32 Å². The molecule has 118 valence electrons. The van der Waals surface area contributed by atoms with Crippen LogP contribution in [0, 0.1) is 0 Å². The van der Waals surface area contributed by atoms with E-state index in [1.807, 2.05) is 24.4 Å². The summed E-state index contributed by atoms with van der Waals surface area (Å²) in [6, 6.07) is 12.5. The molecule has 3 aromatic rings. The second kappa shape index (κ2) is 6.47. The van der Waals surface area contributed by atoms with E-state index in [0.717, 1.165) is 22.0 Å². The smallest absolute Gasteiger partial charge is 0.175 e. The summed E-state index contributed by atoms with van der Waals surface area (Å²) >= 11 is 1.59. The van der Waals surface area contributed by atoms with E-state index in [1.165, 1.54) is 6.26 Å². The third-order valence-electron chi connectivity index (χ3n) is 3.25. The summed E-state index contributed by atoms with van der Waals surface area (Å²) in [5, 5.41) is 3.26. The number of rotatable bonds is 5. The average molecular weight is 345 g/mol. The Morgan fingerprint density at radius 3 is 2.57 bits per heavy atom. The highest BCUT2D eigenvalue weighted by Gasteiger charge is 2.07. The van der Waals surface area contributed by atoms with Crippen LogP contribution in [-0.2, 0) is 16.4 Å². The molecule has 1 aromatic carbocycles. The second-order valence-electron chi connectivity index (χ2n) is 5.03. The van der Waals surface area contributed by atoms with Crippen molar-refractivity contribution in [2.45, 2.75) is 11.4 Å². The molecule has 0 spiro atoms. The van der Waals surface area contributed by atoms with Crippen LogP contribution in [0.2, 0.25) is 0 Å². The largest absolute Gasteiger partial charge is 0.365 e. The van der Waals surface area contributed by atoms with Crippen molar-refractivity contribution in [1.29, 1.82) is 0 Å². The first kappa shape index (κ1) is 15.6. The monoisotopic (exact) mass is 345 g/mol. The molecule has 0 atom stereocenters. The zero-order valence-corrected chi connectivity index (χ0v) is 14.1. The third-order valence-corrected chi connectivity index (χ3v) is 5.16. The molecule has 0 saturated heterocycles. The molecule has 1 N–H and O–H groups in total. The zero-order chi connectivity index (χ0) is 16.3. The summed E-state index contributed by atoms with van der Waals surface area (Å²) in [4.78, 5) is 10.0. The van der Waals surface area contributed by atoms with Crippen molar-refractivity contribution >= 4 is 27.0 Å². The van der Waals surface area contributed by atoms with E-state index in [-0.39, 0.29) is 0 Å². The lowest BCUT2D eigenvalue weighted by molar-refractivity contribution is 0.602. The topological polar surface area (TPSA) is 72.0 Å². The average Bonchev–Trinajstić information content (AvgIpc) is 3.06. The molecule has 23 heavy (non-hydrogen) atoms. The van der Waals surface area contributed by atoms with E-state index in [9.17, 15) is 8.42 Å². The lowest BCUT2D eigenvalue weighted by Gasteiger charge is -2.07. The molecule has 7 heteroatoms. The molecule has 0 unspecified atom stereocenters. The lowest BCUT2D eigenvalue weighted by atomic mass is 10.1. The van der Waals surface area contributed by atoms with Gasteiger partial charge in [0.15, 0.2) is 9.84 Å². The Kier molecular flexibility index (Phi) is 4.40. The van der Waals surface area contributed by atoms with E-state index in [0.29, 0.717) is 11.4 Å². The molecule has 0 bridgehead atoms. The minimum atomic E-state index is -3.18.